The minimum absolute atomic E-state index is 0. The molecular weight excluding hydrogens is 371 g/mol. The molecule has 0 rings (SSSR count). The molecule has 2 N–H and O–H groups in total. The van der Waals surface area contributed by atoms with Crippen molar-refractivity contribution in [1.82, 2.24) is 0 Å². The van der Waals surface area contributed by atoms with Crippen LogP contribution in [0.3, 0.4) is 0 Å². The van der Waals surface area contributed by atoms with E-state index in [0.717, 1.165) is 30.2 Å². The van der Waals surface area contributed by atoms with Crippen molar-refractivity contribution in [3.8, 4) is 0 Å². The molecule has 0 saturated carbocycles. The van der Waals surface area contributed by atoms with Crippen LogP contribution in [0.25, 0.3) is 0 Å². The van der Waals surface area contributed by atoms with Crippen molar-refractivity contribution in [3.63, 3.8) is 0 Å². The molecular formula is C22H47ClF3N. The van der Waals surface area contributed by atoms with Crippen LogP contribution >= 0.6 is 12.4 Å². The highest BCUT2D eigenvalue weighted by atomic mass is 35.5. The standard InChI is InChI=1S/C20H43N.C2H3F3.ClH/c1-17(2)9-6-10-18(3)11-7-12-19(4)13-8-14-20(5)15-16-21;3-1-2(4)5;/h17-20H,6-16,21H2,1-5H3;2H,1H2;1H. The van der Waals surface area contributed by atoms with Gasteiger partial charge in [0.05, 0.1) is 0 Å². The Labute approximate surface area is 173 Å². The number of rotatable bonds is 15. The summed E-state index contributed by atoms with van der Waals surface area (Å²) in [6.45, 7) is 11.2. The van der Waals surface area contributed by atoms with Gasteiger partial charge in [-0.3, -0.25) is 0 Å². The summed E-state index contributed by atoms with van der Waals surface area (Å²) in [5, 5.41) is 0. The van der Waals surface area contributed by atoms with Gasteiger partial charge in [0.2, 0.25) is 0 Å². The summed E-state index contributed by atoms with van der Waals surface area (Å²) in [4.78, 5) is 0. The van der Waals surface area contributed by atoms with Crippen LogP contribution in [0, 0.1) is 23.7 Å². The molecule has 168 valence electrons. The van der Waals surface area contributed by atoms with Crippen LogP contribution in [0.4, 0.5) is 13.2 Å². The Bertz CT molecular complexity index is 278. The predicted octanol–water partition coefficient (Wildman–Crippen LogP) is 8.05. The largest absolute Gasteiger partial charge is 0.330 e. The second kappa shape index (κ2) is 22.3. The van der Waals surface area contributed by atoms with Crippen LogP contribution in [0.1, 0.15) is 98.8 Å². The summed E-state index contributed by atoms with van der Waals surface area (Å²) in [7, 11) is 0. The fourth-order valence-electron chi connectivity index (χ4n) is 3.22. The molecule has 0 spiro atoms. The zero-order valence-electron chi connectivity index (χ0n) is 18.5. The third-order valence-electron chi connectivity index (χ3n) is 5.04. The van der Waals surface area contributed by atoms with Gasteiger partial charge in [-0.05, 0) is 36.6 Å². The summed E-state index contributed by atoms with van der Waals surface area (Å²) in [6, 6.07) is 0. The number of nitrogens with two attached hydrogens (primary N) is 1. The van der Waals surface area contributed by atoms with Crippen LogP contribution in [0.5, 0.6) is 0 Å². The molecule has 0 radical (unpaired) electrons. The highest BCUT2D eigenvalue weighted by Gasteiger charge is 2.07. The Morgan fingerprint density at radius 2 is 0.926 bits per heavy atom. The van der Waals surface area contributed by atoms with Crippen molar-refractivity contribution in [1.29, 1.82) is 0 Å². The molecule has 0 aliphatic heterocycles. The van der Waals surface area contributed by atoms with Gasteiger partial charge in [0.25, 0.3) is 6.43 Å². The molecule has 0 aromatic rings. The van der Waals surface area contributed by atoms with E-state index in [9.17, 15) is 13.2 Å². The SMILES string of the molecule is CC(C)CCCC(C)CCCC(C)CCCC(C)CCN.Cl.FCC(F)F. The number of hydrogen-bond donors (Lipinski definition) is 1. The first-order chi connectivity index (χ1) is 12.2. The molecule has 27 heavy (non-hydrogen) atoms. The molecule has 0 aromatic heterocycles. The first-order valence-electron chi connectivity index (χ1n) is 10.8. The topological polar surface area (TPSA) is 26.0 Å². The summed E-state index contributed by atoms with van der Waals surface area (Å²) >= 11 is 0. The second-order valence-corrected chi connectivity index (χ2v) is 8.62. The lowest BCUT2D eigenvalue weighted by Gasteiger charge is -2.16. The van der Waals surface area contributed by atoms with E-state index in [1.54, 1.807) is 0 Å². The zero-order valence-corrected chi connectivity index (χ0v) is 19.3. The van der Waals surface area contributed by atoms with Crippen molar-refractivity contribution in [3.05, 3.63) is 0 Å². The fourth-order valence-corrected chi connectivity index (χ4v) is 3.22. The first kappa shape index (κ1) is 31.7. The van der Waals surface area contributed by atoms with Crippen LogP contribution < -0.4 is 5.73 Å². The van der Waals surface area contributed by atoms with Crippen LogP contribution in [-0.2, 0) is 0 Å². The van der Waals surface area contributed by atoms with Gasteiger partial charge in [-0.25, -0.2) is 13.2 Å². The van der Waals surface area contributed by atoms with Crippen molar-refractivity contribution in [2.24, 2.45) is 29.4 Å². The van der Waals surface area contributed by atoms with Gasteiger partial charge in [0.15, 0.2) is 6.67 Å². The molecule has 0 saturated heterocycles. The van der Waals surface area contributed by atoms with E-state index in [2.05, 4.69) is 34.6 Å². The maximum Gasteiger partial charge on any atom is 0.266 e. The van der Waals surface area contributed by atoms with E-state index in [4.69, 9.17) is 5.73 Å². The maximum absolute atomic E-state index is 10.4. The summed E-state index contributed by atoms with van der Waals surface area (Å²) < 4.78 is 31.1. The monoisotopic (exact) mass is 417 g/mol. The Morgan fingerprint density at radius 1 is 0.630 bits per heavy atom. The maximum atomic E-state index is 10.4. The summed E-state index contributed by atoms with van der Waals surface area (Å²) in [6.07, 6.45) is 11.2. The van der Waals surface area contributed by atoms with Crippen molar-refractivity contribution in [2.45, 2.75) is 105 Å². The van der Waals surface area contributed by atoms with E-state index >= 15 is 0 Å². The summed E-state index contributed by atoms with van der Waals surface area (Å²) in [5.41, 5.74) is 5.61. The van der Waals surface area contributed by atoms with Gasteiger partial charge in [0.1, 0.15) is 0 Å². The van der Waals surface area contributed by atoms with Crippen molar-refractivity contribution < 1.29 is 13.2 Å². The average Bonchev–Trinajstić information content (AvgIpc) is 2.55. The zero-order chi connectivity index (χ0) is 20.4. The first-order valence-corrected chi connectivity index (χ1v) is 10.8. The van der Waals surface area contributed by atoms with E-state index < -0.39 is 13.1 Å². The Hall–Kier alpha value is 0.0400. The molecule has 0 aromatic carbocycles. The Morgan fingerprint density at radius 3 is 1.19 bits per heavy atom. The molecule has 5 heteroatoms. The number of halogens is 4. The number of hydrogen-bond acceptors (Lipinski definition) is 1. The van der Waals surface area contributed by atoms with Gasteiger partial charge in [0, 0.05) is 0 Å². The average molecular weight is 418 g/mol. The van der Waals surface area contributed by atoms with E-state index in [1.807, 2.05) is 0 Å². The highest BCUT2D eigenvalue weighted by Crippen LogP contribution is 2.22. The second-order valence-electron chi connectivity index (χ2n) is 8.62. The molecule has 3 unspecified atom stereocenters. The molecule has 0 aliphatic rings. The molecule has 0 amide bonds. The Balaban J connectivity index is -0.000000844. The van der Waals surface area contributed by atoms with Crippen molar-refractivity contribution in [2.75, 3.05) is 13.2 Å². The minimum atomic E-state index is -2.78. The third kappa shape index (κ3) is 28.3. The minimum Gasteiger partial charge on any atom is -0.330 e. The Kier molecular flexibility index (Phi) is 26.2. The molecule has 0 heterocycles. The van der Waals surface area contributed by atoms with Gasteiger partial charge in [-0.15, -0.1) is 12.4 Å². The number of alkyl halides is 3. The normalized spacial score (nSPS) is 14.3. The summed E-state index contributed by atoms with van der Waals surface area (Å²) in [5.74, 6) is 3.54. The molecule has 0 aliphatic carbocycles. The lowest BCUT2D eigenvalue weighted by Crippen LogP contribution is -2.06. The van der Waals surface area contributed by atoms with E-state index in [-0.39, 0.29) is 12.4 Å². The van der Waals surface area contributed by atoms with Crippen LogP contribution in [-0.4, -0.2) is 19.6 Å². The quantitative estimate of drug-likeness (QED) is 0.286. The van der Waals surface area contributed by atoms with Gasteiger partial charge in [-0.2, -0.15) is 0 Å². The third-order valence-corrected chi connectivity index (χ3v) is 5.04. The van der Waals surface area contributed by atoms with Gasteiger partial charge < -0.3 is 5.73 Å². The molecule has 0 bridgehead atoms. The van der Waals surface area contributed by atoms with E-state index in [0.29, 0.717) is 0 Å². The fraction of sp³-hybridized carbons (Fsp3) is 1.00. The van der Waals surface area contributed by atoms with Crippen molar-refractivity contribution >= 4 is 12.4 Å². The van der Waals surface area contributed by atoms with Crippen LogP contribution in [0.2, 0.25) is 0 Å². The van der Waals surface area contributed by atoms with Crippen LogP contribution in [0.15, 0.2) is 0 Å². The lowest BCUT2D eigenvalue weighted by atomic mass is 9.91. The predicted molar refractivity (Wildman–Crippen MR) is 117 cm³/mol. The van der Waals surface area contributed by atoms with Gasteiger partial charge in [-0.1, -0.05) is 92.4 Å². The molecule has 1 nitrogen and oxygen atoms in total. The lowest BCUT2D eigenvalue weighted by molar-refractivity contribution is 0.113. The van der Waals surface area contributed by atoms with Gasteiger partial charge >= 0.3 is 0 Å². The molecule has 3 atom stereocenters. The van der Waals surface area contributed by atoms with E-state index in [1.165, 1.54) is 64.2 Å². The highest BCUT2D eigenvalue weighted by molar-refractivity contribution is 5.85. The smallest absolute Gasteiger partial charge is 0.266 e. The molecule has 0 fully saturated rings.